The van der Waals surface area contributed by atoms with E-state index in [0.29, 0.717) is 16.4 Å². The third kappa shape index (κ3) is 3.63. The molecule has 0 radical (unpaired) electrons. The van der Waals surface area contributed by atoms with Gasteiger partial charge in [-0.25, -0.2) is 4.79 Å². The number of carbonyl (C=O) groups is 2. The topological polar surface area (TPSA) is 93.5 Å². The number of nitrogens with one attached hydrogen (secondary N) is 2. The van der Waals surface area contributed by atoms with Gasteiger partial charge in [0, 0.05) is 12.6 Å². The van der Waals surface area contributed by atoms with Gasteiger partial charge >= 0.3 is 5.97 Å². The molecule has 0 unspecified atom stereocenters. The number of amides is 1. The Labute approximate surface area is 122 Å². The largest absolute Gasteiger partial charge is 0.465 e. The fourth-order valence-corrected chi connectivity index (χ4v) is 2.77. The van der Waals surface area contributed by atoms with E-state index in [9.17, 15) is 9.59 Å². The lowest BCUT2D eigenvalue weighted by Crippen LogP contribution is -2.24. The second-order valence-corrected chi connectivity index (χ2v) is 5.62. The molecule has 1 heterocycles. The molecule has 0 aliphatic rings. The van der Waals surface area contributed by atoms with Crippen LogP contribution in [0, 0.1) is 0 Å². The summed E-state index contributed by atoms with van der Waals surface area (Å²) in [5, 5.41) is 6.43. The predicted molar refractivity (Wildman–Crippen MR) is 81.5 cm³/mol. The van der Waals surface area contributed by atoms with Gasteiger partial charge in [0.1, 0.15) is 15.4 Å². The third-order valence-corrected chi connectivity index (χ3v) is 3.63. The predicted octanol–water partition coefficient (Wildman–Crippen LogP) is 2.08. The van der Waals surface area contributed by atoms with E-state index in [2.05, 4.69) is 10.6 Å². The maximum absolute atomic E-state index is 12.0. The zero-order valence-corrected chi connectivity index (χ0v) is 13.0. The van der Waals surface area contributed by atoms with Crippen LogP contribution in [-0.2, 0) is 4.74 Å². The molecule has 1 rings (SSSR count). The highest BCUT2D eigenvalue weighted by Crippen LogP contribution is 2.36. The summed E-state index contributed by atoms with van der Waals surface area (Å²) in [4.78, 5) is 24.2. The van der Waals surface area contributed by atoms with E-state index >= 15 is 0 Å². The van der Waals surface area contributed by atoms with E-state index < -0.39 is 5.97 Å². The first-order valence-corrected chi connectivity index (χ1v) is 7.29. The zero-order chi connectivity index (χ0) is 15.3. The van der Waals surface area contributed by atoms with Crippen molar-refractivity contribution in [3.8, 4) is 0 Å². The quantitative estimate of drug-likeness (QED) is 0.699. The van der Waals surface area contributed by atoms with Crippen molar-refractivity contribution in [1.29, 1.82) is 0 Å². The lowest BCUT2D eigenvalue weighted by atomic mass is 10.2. The molecule has 20 heavy (non-hydrogen) atoms. The normalized spacial score (nSPS) is 10.4. The van der Waals surface area contributed by atoms with Gasteiger partial charge in [0.05, 0.1) is 12.8 Å². The number of nitrogen functional groups attached to an aromatic ring is 1. The molecule has 6 nitrogen and oxygen atoms in total. The number of nitrogens with two attached hydrogens (primary N) is 1. The molecule has 112 valence electrons. The van der Waals surface area contributed by atoms with E-state index in [4.69, 9.17) is 10.5 Å². The molecule has 0 aliphatic carbocycles. The Morgan fingerprint density at radius 2 is 2.05 bits per heavy atom. The smallest absolute Gasteiger partial charge is 0.343 e. The summed E-state index contributed by atoms with van der Waals surface area (Å²) in [6, 6.07) is 0.114. The van der Waals surface area contributed by atoms with Gasteiger partial charge in [-0.2, -0.15) is 0 Å². The monoisotopic (exact) mass is 299 g/mol. The van der Waals surface area contributed by atoms with E-state index in [0.717, 1.165) is 6.42 Å². The average molecular weight is 299 g/mol. The minimum absolute atomic E-state index is 0.114. The average Bonchev–Trinajstić information content (AvgIpc) is 2.71. The molecule has 4 N–H and O–H groups in total. The van der Waals surface area contributed by atoms with Gasteiger partial charge < -0.3 is 21.1 Å². The molecular formula is C13H21N3O3S. The fourth-order valence-electron chi connectivity index (χ4n) is 1.60. The van der Waals surface area contributed by atoms with Gasteiger partial charge in [-0.3, -0.25) is 4.79 Å². The zero-order valence-electron chi connectivity index (χ0n) is 12.2. The Morgan fingerprint density at radius 3 is 2.55 bits per heavy atom. The number of hydrogen-bond acceptors (Lipinski definition) is 6. The first-order valence-electron chi connectivity index (χ1n) is 6.47. The highest BCUT2D eigenvalue weighted by Gasteiger charge is 2.26. The molecule has 0 saturated heterocycles. The summed E-state index contributed by atoms with van der Waals surface area (Å²) in [5.41, 5.74) is 6.33. The maximum Gasteiger partial charge on any atom is 0.343 e. The first-order chi connectivity index (χ1) is 9.42. The number of carbonyl (C=O) groups excluding carboxylic acids is 2. The summed E-state index contributed by atoms with van der Waals surface area (Å²) in [5.74, 6) is -0.812. The molecule has 1 aromatic heterocycles. The maximum atomic E-state index is 12.0. The first kappa shape index (κ1) is 16.3. The van der Waals surface area contributed by atoms with Crippen LogP contribution in [-0.4, -0.2) is 31.6 Å². The molecule has 0 atom stereocenters. The fraction of sp³-hybridized carbons (Fsp3) is 0.538. The summed E-state index contributed by atoms with van der Waals surface area (Å²) >= 11 is 1.17. The molecule has 0 bridgehead atoms. The standard InChI is InChI=1S/C13H21N3O3S/c1-5-6-15-11(17)10-9(14)8(13(18)19-4)12(20-10)16-7(2)3/h7,16H,5-6,14H2,1-4H3,(H,15,17). The molecule has 0 fully saturated rings. The van der Waals surface area contributed by atoms with E-state index in [-0.39, 0.29) is 23.2 Å². The minimum Gasteiger partial charge on any atom is -0.465 e. The second-order valence-electron chi connectivity index (χ2n) is 4.60. The highest BCUT2D eigenvalue weighted by atomic mass is 32.1. The number of rotatable bonds is 6. The highest BCUT2D eigenvalue weighted by molar-refractivity contribution is 7.19. The number of ether oxygens (including phenoxy) is 1. The van der Waals surface area contributed by atoms with Crippen molar-refractivity contribution in [2.75, 3.05) is 24.7 Å². The van der Waals surface area contributed by atoms with Gasteiger partial charge in [0.15, 0.2) is 0 Å². The Morgan fingerprint density at radius 1 is 1.40 bits per heavy atom. The molecule has 0 aromatic carbocycles. The van der Waals surface area contributed by atoms with Gasteiger partial charge in [0.25, 0.3) is 5.91 Å². The summed E-state index contributed by atoms with van der Waals surface area (Å²) in [6.07, 6.45) is 0.831. The summed E-state index contributed by atoms with van der Waals surface area (Å²) in [7, 11) is 1.29. The molecule has 0 spiro atoms. The van der Waals surface area contributed by atoms with Crippen molar-refractivity contribution in [2.45, 2.75) is 33.2 Å². The summed E-state index contributed by atoms with van der Waals surface area (Å²) in [6.45, 7) is 6.40. The minimum atomic E-state index is -0.545. The SMILES string of the molecule is CCCNC(=O)c1sc(NC(C)C)c(C(=O)OC)c1N. The number of hydrogen-bond donors (Lipinski definition) is 3. The van der Waals surface area contributed by atoms with E-state index in [1.165, 1.54) is 18.4 Å². The van der Waals surface area contributed by atoms with Crippen molar-refractivity contribution in [3.63, 3.8) is 0 Å². The lowest BCUT2D eigenvalue weighted by molar-refractivity contribution is 0.0603. The Kier molecular flexibility index (Phi) is 5.82. The lowest BCUT2D eigenvalue weighted by Gasteiger charge is -2.09. The van der Waals surface area contributed by atoms with Gasteiger partial charge in [-0.1, -0.05) is 6.92 Å². The van der Waals surface area contributed by atoms with Gasteiger partial charge in [-0.15, -0.1) is 11.3 Å². The number of thiophene rings is 1. The van der Waals surface area contributed by atoms with Crippen LogP contribution in [0.5, 0.6) is 0 Å². The van der Waals surface area contributed by atoms with Crippen molar-refractivity contribution in [2.24, 2.45) is 0 Å². The molecular weight excluding hydrogens is 278 g/mol. The summed E-state index contributed by atoms with van der Waals surface area (Å²) < 4.78 is 4.73. The van der Waals surface area contributed by atoms with Crippen LogP contribution >= 0.6 is 11.3 Å². The van der Waals surface area contributed by atoms with Crippen LogP contribution in [0.25, 0.3) is 0 Å². The number of anilines is 2. The molecule has 0 saturated carbocycles. The van der Waals surface area contributed by atoms with Crippen LogP contribution < -0.4 is 16.4 Å². The van der Waals surface area contributed by atoms with Crippen LogP contribution in [0.2, 0.25) is 0 Å². The molecule has 1 aromatic rings. The Balaban J connectivity index is 3.17. The molecule has 0 aliphatic heterocycles. The Hall–Kier alpha value is -1.76. The Bertz CT molecular complexity index is 497. The van der Waals surface area contributed by atoms with Crippen molar-refractivity contribution in [3.05, 3.63) is 10.4 Å². The van der Waals surface area contributed by atoms with Gasteiger partial charge in [-0.05, 0) is 20.3 Å². The van der Waals surface area contributed by atoms with Crippen molar-refractivity contribution in [1.82, 2.24) is 5.32 Å². The van der Waals surface area contributed by atoms with Crippen molar-refractivity contribution >= 4 is 33.9 Å². The van der Waals surface area contributed by atoms with E-state index in [1.54, 1.807) is 0 Å². The van der Waals surface area contributed by atoms with Crippen LogP contribution in [0.15, 0.2) is 0 Å². The second kappa shape index (κ2) is 7.14. The number of esters is 1. The van der Waals surface area contributed by atoms with Gasteiger partial charge in [0.2, 0.25) is 0 Å². The molecule has 1 amide bonds. The van der Waals surface area contributed by atoms with Crippen LogP contribution in [0.4, 0.5) is 10.7 Å². The van der Waals surface area contributed by atoms with E-state index in [1.807, 2.05) is 20.8 Å². The van der Waals surface area contributed by atoms with Crippen LogP contribution in [0.1, 0.15) is 47.2 Å². The van der Waals surface area contributed by atoms with Crippen molar-refractivity contribution < 1.29 is 14.3 Å². The van der Waals surface area contributed by atoms with Crippen LogP contribution in [0.3, 0.4) is 0 Å². The molecule has 7 heteroatoms. The third-order valence-electron chi connectivity index (χ3n) is 2.50. The number of methoxy groups -OCH3 is 1.